The van der Waals surface area contributed by atoms with Crippen molar-refractivity contribution in [1.82, 2.24) is 0 Å². The summed E-state index contributed by atoms with van der Waals surface area (Å²) in [6.07, 6.45) is 8.25. The highest BCUT2D eigenvalue weighted by atomic mass is 32.2. The Bertz CT molecular complexity index is 781. The molecular weight excluding hydrogens is 388 g/mol. The second kappa shape index (κ2) is 5.94. The van der Waals surface area contributed by atoms with Crippen molar-refractivity contribution in [2.75, 3.05) is 13.2 Å². The van der Waals surface area contributed by atoms with E-state index in [0.717, 1.165) is 32.1 Å². The first-order valence-corrected chi connectivity index (χ1v) is 12.4. The molecule has 4 bridgehead atoms. The van der Waals surface area contributed by atoms with Crippen LogP contribution >= 0.6 is 0 Å². The maximum atomic E-state index is 12.3. The van der Waals surface area contributed by atoms with E-state index >= 15 is 0 Å². The summed E-state index contributed by atoms with van der Waals surface area (Å²) in [7, 11) is 0. The van der Waals surface area contributed by atoms with Gasteiger partial charge in [-0.25, -0.2) is 0 Å². The van der Waals surface area contributed by atoms with Crippen LogP contribution in [0.3, 0.4) is 0 Å². The third-order valence-electron chi connectivity index (χ3n) is 9.85. The highest BCUT2D eigenvalue weighted by Gasteiger charge is 2.74. The Kier molecular flexibility index (Phi) is 3.98. The van der Waals surface area contributed by atoms with Gasteiger partial charge in [-0.2, -0.15) is 4.21 Å². The molecule has 7 aliphatic rings. The van der Waals surface area contributed by atoms with Crippen molar-refractivity contribution in [3.63, 3.8) is 0 Å². The van der Waals surface area contributed by atoms with Gasteiger partial charge in [0.05, 0.1) is 25.4 Å². The van der Waals surface area contributed by atoms with Crippen LogP contribution in [-0.4, -0.2) is 35.4 Å². The van der Waals surface area contributed by atoms with Crippen LogP contribution in [-0.2, 0) is 29.2 Å². The van der Waals surface area contributed by atoms with Crippen LogP contribution < -0.4 is 0 Å². The summed E-state index contributed by atoms with van der Waals surface area (Å²) >= 11 is -1.65. The lowest BCUT2D eigenvalue weighted by atomic mass is 9.35. The summed E-state index contributed by atoms with van der Waals surface area (Å²) in [4.78, 5) is 0. The third-order valence-corrected chi connectivity index (χ3v) is 10.5. The molecule has 0 aromatic carbocycles. The number of rotatable bonds is 0. The molecule has 0 aromatic heterocycles. The lowest BCUT2D eigenvalue weighted by molar-refractivity contribution is -0.397. The largest absolute Gasteiger partial charge is 0.347 e. The van der Waals surface area contributed by atoms with Gasteiger partial charge in [0.1, 0.15) is 0 Å². The van der Waals surface area contributed by atoms with E-state index in [1.165, 1.54) is 18.4 Å². The van der Waals surface area contributed by atoms with E-state index in [1.54, 1.807) is 0 Å². The van der Waals surface area contributed by atoms with E-state index in [1.807, 2.05) is 0 Å². The molecule has 5 saturated carbocycles. The summed E-state index contributed by atoms with van der Waals surface area (Å²) in [5.41, 5.74) is 1.34. The molecule has 1 spiro atoms. The summed E-state index contributed by atoms with van der Waals surface area (Å²) in [5.74, 6) is 0.875. The molecule has 2 aliphatic heterocycles. The van der Waals surface area contributed by atoms with Crippen molar-refractivity contribution < 1.29 is 22.0 Å². The van der Waals surface area contributed by atoms with Crippen molar-refractivity contribution in [1.29, 1.82) is 0 Å². The number of hydrogen-bond donors (Lipinski definition) is 0. The molecule has 0 amide bonds. The smallest absolute Gasteiger partial charge is 0.304 e. The average molecular weight is 423 g/mol. The fourth-order valence-electron chi connectivity index (χ4n) is 8.81. The van der Waals surface area contributed by atoms with E-state index in [9.17, 15) is 4.21 Å². The Morgan fingerprint density at radius 2 is 1.79 bits per heavy atom. The maximum Gasteiger partial charge on any atom is 0.304 e. The van der Waals surface area contributed by atoms with Gasteiger partial charge in [0.25, 0.3) is 0 Å². The fourth-order valence-corrected chi connectivity index (χ4v) is 9.56. The first kappa shape index (κ1) is 19.4. The van der Waals surface area contributed by atoms with E-state index in [-0.39, 0.29) is 28.5 Å². The second-order valence-electron chi connectivity index (χ2n) is 11.5. The molecule has 2 saturated heterocycles. The van der Waals surface area contributed by atoms with E-state index < -0.39 is 17.1 Å². The molecule has 162 valence electrons. The Labute approximate surface area is 176 Å². The van der Waals surface area contributed by atoms with Crippen LogP contribution in [0.1, 0.15) is 65.7 Å². The predicted octanol–water partition coefficient (Wildman–Crippen LogP) is 4.30. The summed E-state index contributed by atoms with van der Waals surface area (Å²) in [6.45, 7) is 12.1. The monoisotopic (exact) mass is 422 g/mol. The molecule has 7 fully saturated rings. The zero-order chi connectivity index (χ0) is 20.2. The van der Waals surface area contributed by atoms with Gasteiger partial charge in [-0.1, -0.05) is 19.9 Å². The highest BCUT2D eigenvalue weighted by molar-refractivity contribution is 7.75. The molecule has 0 aromatic rings. The number of hydrogen-bond acceptors (Lipinski definition) is 5. The van der Waals surface area contributed by atoms with Gasteiger partial charge in [-0.05, 0) is 81.1 Å². The van der Waals surface area contributed by atoms with Crippen molar-refractivity contribution in [3.05, 3.63) is 12.2 Å². The van der Waals surface area contributed by atoms with Crippen molar-refractivity contribution in [2.45, 2.75) is 83.7 Å². The van der Waals surface area contributed by atoms with Gasteiger partial charge in [0, 0.05) is 10.8 Å². The Balaban J connectivity index is 1.53. The molecule has 6 heteroatoms. The molecule has 9 atom stereocenters. The molecule has 2 heterocycles. The average Bonchev–Trinajstić information content (AvgIpc) is 2.68. The normalized spacial score (nSPS) is 58.0. The molecule has 0 N–H and O–H groups in total. The molecule has 29 heavy (non-hydrogen) atoms. The number of fused-ring (bicyclic) bond motifs is 1. The van der Waals surface area contributed by atoms with Crippen LogP contribution in [0, 0.1) is 34.0 Å². The molecule has 7 rings (SSSR count). The van der Waals surface area contributed by atoms with Crippen LogP contribution in [0.4, 0.5) is 0 Å². The first-order chi connectivity index (χ1) is 13.7. The molecule has 5 aliphatic carbocycles. The molecule has 3 unspecified atom stereocenters. The van der Waals surface area contributed by atoms with Crippen LogP contribution in [0.2, 0.25) is 0 Å². The van der Waals surface area contributed by atoms with Crippen LogP contribution in [0.15, 0.2) is 12.2 Å². The Morgan fingerprint density at radius 1 is 1.00 bits per heavy atom. The quantitative estimate of drug-likeness (QED) is 0.545. The lowest BCUT2D eigenvalue weighted by Gasteiger charge is -2.74. The van der Waals surface area contributed by atoms with Crippen LogP contribution in [0.5, 0.6) is 0 Å². The van der Waals surface area contributed by atoms with E-state index in [0.29, 0.717) is 31.0 Å². The van der Waals surface area contributed by atoms with Gasteiger partial charge in [0.2, 0.25) is 0 Å². The minimum Gasteiger partial charge on any atom is -0.347 e. The first-order valence-electron chi connectivity index (χ1n) is 11.4. The lowest BCUT2D eigenvalue weighted by Crippen LogP contribution is -2.75. The van der Waals surface area contributed by atoms with E-state index in [4.69, 9.17) is 17.8 Å². The zero-order valence-electron chi connectivity index (χ0n) is 17.9. The molecule has 0 radical (unpaired) electrons. The third kappa shape index (κ3) is 2.39. The van der Waals surface area contributed by atoms with Crippen molar-refractivity contribution in [2.24, 2.45) is 34.0 Å². The van der Waals surface area contributed by atoms with Gasteiger partial charge in [-0.3, -0.25) is 8.37 Å². The van der Waals surface area contributed by atoms with Gasteiger partial charge in [-0.15, -0.1) is 0 Å². The summed E-state index contributed by atoms with van der Waals surface area (Å²) in [6, 6.07) is 0. The topological polar surface area (TPSA) is 54.0 Å². The number of ether oxygens (including phenoxy) is 2. The van der Waals surface area contributed by atoms with Gasteiger partial charge >= 0.3 is 11.4 Å². The molecular formula is C23H34O5S. The highest BCUT2D eigenvalue weighted by Crippen LogP contribution is 2.74. The zero-order valence-corrected chi connectivity index (χ0v) is 18.7. The SMILES string of the molecule is C=C1[C@H]2CC[C@@]34C(C2)[C@@]25CCC[C@@](C)(COS(=O)OC2)C5C[C@H]3OC(C)(C)O[C@@H]14. The van der Waals surface area contributed by atoms with Crippen LogP contribution in [0.25, 0.3) is 0 Å². The second-order valence-corrected chi connectivity index (χ2v) is 12.4. The predicted molar refractivity (Wildman–Crippen MR) is 109 cm³/mol. The standard InChI is InChI=1S/C23H34O5S/c1-14-15-6-9-23-17(10-15)22-8-5-7-21(4,12-25-29(24)26-13-22)16(22)11-18(23)27-20(2,3)28-19(14)23/h15-19H,1,5-13H2,2-4H3/t15-,16?,17?,18+,19-,21-,22-,23+,29?/m0/s1. The van der Waals surface area contributed by atoms with Crippen molar-refractivity contribution >= 4 is 11.4 Å². The van der Waals surface area contributed by atoms with E-state index in [2.05, 4.69) is 27.4 Å². The minimum atomic E-state index is -1.65. The Hall–Kier alpha value is -0.270. The summed E-state index contributed by atoms with van der Waals surface area (Å²) in [5, 5.41) is 0. The fraction of sp³-hybridized carbons (Fsp3) is 0.913. The molecule has 5 nitrogen and oxygen atoms in total. The van der Waals surface area contributed by atoms with Gasteiger partial charge < -0.3 is 9.47 Å². The Morgan fingerprint density at radius 3 is 2.62 bits per heavy atom. The maximum absolute atomic E-state index is 12.3. The van der Waals surface area contributed by atoms with Gasteiger partial charge in [0.15, 0.2) is 5.79 Å². The summed E-state index contributed by atoms with van der Waals surface area (Å²) < 4.78 is 37.2. The minimum absolute atomic E-state index is 0.0129. The van der Waals surface area contributed by atoms with Crippen molar-refractivity contribution in [3.8, 4) is 0 Å².